The van der Waals surface area contributed by atoms with Crippen LogP contribution in [0, 0.1) is 10.1 Å². The van der Waals surface area contributed by atoms with Crippen molar-refractivity contribution in [2.24, 2.45) is 0 Å². The first kappa shape index (κ1) is 15.6. The number of methoxy groups -OCH3 is 1. The van der Waals surface area contributed by atoms with Gasteiger partial charge in [0.25, 0.3) is 5.69 Å². The third-order valence-corrected chi connectivity index (χ3v) is 2.81. The van der Waals surface area contributed by atoms with E-state index in [9.17, 15) is 19.7 Å². The van der Waals surface area contributed by atoms with Gasteiger partial charge in [-0.15, -0.1) is 0 Å². The van der Waals surface area contributed by atoms with Gasteiger partial charge in [0, 0.05) is 25.7 Å². The lowest BCUT2D eigenvalue weighted by molar-refractivity contribution is -0.384. The van der Waals surface area contributed by atoms with Gasteiger partial charge < -0.3 is 9.64 Å². The molecule has 0 aromatic heterocycles. The van der Waals surface area contributed by atoms with E-state index < -0.39 is 4.92 Å². The number of hydrogen-bond acceptors (Lipinski definition) is 5. The molecule has 0 aliphatic rings. The molecule has 0 fully saturated rings. The molecule has 1 aromatic rings. The van der Waals surface area contributed by atoms with E-state index in [4.69, 9.17) is 0 Å². The van der Waals surface area contributed by atoms with Crippen LogP contribution in [0.2, 0.25) is 0 Å². The number of hydrogen-bond donors (Lipinski definition) is 0. The molecule has 1 rings (SSSR count). The monoisotopic (exact) mass is 280 g/mol. The number of amides is 1. The predicted molar refractivity (Wildman–Crippen MR) is 71.1 cm³/mol. The molecule has 1 amide bonds. The van der Waals surface area contributed by atoms with Gasteiger partial charge in [0.05, 0.1) is 24.9 Å². The molecule has 0 saturated carbocycles. The Morgan fingerprint density at radius 2 is 1.90 bits per heavy atom. The van der Waals surface area contributed by atoms with Crippen molar-refractivity contribution < 1.29 is 19.2 Å². The molecule has 0 aliphatic heterocycles. The van der Waals surface area contributed by atoms with Crippen molar-refractivity contribution >= 4 is 17.6 Å². The lowest BCUT2D eigenvalue weighted by Crippen LogP contribution is -2.30. The Balaban J connectivity index is 2.52. The molecule has 0 aliphatic carbocycles. The number of likely N-dealkylation sites (N-methyl/N-ethyl adjacent to an activating group) is 1. The minimum Gasteiger partial charge on any atom is -0.469 e. The number of rotatable bonds is 6. The number of esters is 1. The van der Waals surface area contributed by atoms with Crippen LogP contribution in [0.15, 0.2) is 24.3 Å². The molecule has 20 heavy (non-hydrogen) atoms. The molecule has 7 nitrogen and oxygen atoms in total. The van der Waals surface area contributed by atoms with Crippen LogP contribution in [0.3, 0.4) is 0 Å². The number of benzene rings is 1. The number of carbonyl (C=O) groups excluding carboxylic acids is 2. The van der Waals surface area contributed by atoms with Crippen molar-refractivity contribution in [2.75, 3.05) is 20.7 Å². The zero-order valence-electron chi connectivity index (χ0n) is 11.4. The second-order valence-electron chi connectivity index (χ2n) is 4.24. The molecule has 0 atom stereocenters. The first-order valence-electron chi connectivity index (χ1n) is 5.98. The lowest BCUT2D eigenvalue weighted by atomic mass is 10.1. The third-order valence-electron chi connectivity index (χ3n) is 2.81. The molecule has 0 unspecified atom stereocenters. The molecule has 0 saturated heterocycles. The van der Waals surface area contributed by atoms with E-state index in [2.05, 4.69) is 4.74 Å². The summed E-state index contributed by atoms with van der Waals surface area (Å²) in [5.74, 6) is -0.539. The van der Waals surface area contributed by atoms with Crippen LogP contribution < -0.4 is 0 Å². The largest absolute Gasteiger partial charge is 0.469 e. The third kappa shape index (κ3) is 4.68. The maximum Gasteiger partial charge on any atom is 0.307 e. The van der Waals surface area contributed by atoms with E-state index in [-0.39, 0.29) is 37.0 Å². The fourth-order valence-corrected chi connectivity index (χ4v) is 1.53. The van der Waals surface area contributed by atoms with Gasteiger partial charge in [-0.05, 0) is 5.56 Å². The first-order chi connectivity index (χ1) is 9.43. The normalized spacial score (nSPS) is 9.90. The van der Waals surface area contributed by atoms with Crippen LogP contribution >= 0.6 is 0 Å². The second kappa shape index (κ2) is 7.22. The number of carbonyl (C=O) groups is 2. The molecule has 0 radical (unpaired) electrons. The van der Waals surface area contributed by atoms with Crippen LogP contribution in [0.1, 0.15) is 12.0 Å². The summed E-state index contributed by atoms with van der Waals surface area (Å²) in [6, 6.07) is 5.81. The fourth-order valence-electron chi connectivity index (χ4n) is 1.53. The molecule has 1 aromatic carbocycles. The predicted octanol–water partition coefficient (Wildman–Crippen LogP) is 1.16. The van der Waals surface area contributed by atoms with Crippen LogP contribution in [-0.4, -0.2) is 42.4 Å². The van der Waals surface area contributed by atoms with E-state index in [1.165, 1.54) is 24.1 Å². The van der Waals surface area contributed by atoms with Gasteiger partial charge >= 0.3 is 5.97 Å². The molecular formula is C13H16N2O5. The van der Waals surface area contributed by atoms with Crippen LogP contribution in [0.4, 0.5) is 5.69 Å². The smallest absolute Gasteiger partial charge is 0.307 e. The summed E-state index contributed by atoms with van der Waals surface area (Å²) in [5.41, 5.74) is 0.672. The summed E-state index contributed by atoms with van der Waals surface area (Å²) in [6.07, 6.45) is 0.272. The summed E-state index contributed by atoms with van der Waals surface area (Å²) in [4.78, 5) is 34.3. The van der Waals surface area contributed by atoms with Gasteiger partial charge in [0.15, 0.2) is 0 Å². The summed E-state index contributed by atoms with van der Waals surface area (Å²) in [7, 11) is 2.89. The molecular weight excluding hydrogens is 264 g/mol. The van der Waals surface area contributed by atoms with E-state index in [0.717, 1.165) is 0 Å². The van der Waals surface area contributed by atoms with Crippen LogP contribution in [-0.2, 0) is 20.7 Å². The van der Waals surface area contributed by atoms with E-state index in [0.29, 0.717) is 5.56 Å². The Labute approximate surface area is 116 Å². The summed E-state index contributed by atoms with van der Waals surface area (Å²) < 4.78 is 4.49. The minimum absolute atomic E-state index is 0.0137. The maximum absolute atomic E-state index is 11.9. The summed E-state index contributed by atoms with van der Waals surface area (Å²) in [6.45, 7) is 0.276. The number of nitro groups is 1. The highest BCUT2D eigenvalue weighted by Gasteiger charge is 2.12. The van der Waals surface area contributed by atoms with Crippen LogP contribution in [0.5, 0.6) is 0 Å². The number of nitrogens with zero attached hydrogens (tertiary/aromatic N) is 2. The summed E-state index contributed by atoms with van der Waals surface area (Å²) >= 11 is 0. The molecule has 0 N–H and O–H groups in total. The van der Waals surface area contributed by atoms with Gasteiger partial charge in [-0.3, -0.25) is 19.7 Å². The molecule has 0 spiro atoms. The lowest BCUT2D eigenvalue weighted by Gasteiger charge is -2.16. The van der Waals surface area contributed by atoms with Gasteiger partial charge in [-0.25, -0.2) is 0 Å². The van der Waals surface area contributed by atoms with E-state index >= 15 is 0 Å². The standard InChI is InChI=1S/C13H16N2O5/c1-14(8-7-13(17)20-2)12(16)9-10-3-5-11(6-4-10)15(18)19/h3-6H,7-9H2,1-2H3. The fraction of sp³-hybridized carbons (Fsp3) is 0.385. The second-order valence-corrected chi connectivity index (χ2v) is 4.24. The maximum atomic E-state index is 11.9. The van der Waals surface area contributed by atoms with Crippen molar-refractivity contribution in [2.45, 2.75) is 12.8 Å². The highest BCUT2D eigenvalue weighted by atomic mass is 16.6. The zero-order valence-corrected chi connectivity index (χ0v) is 11.4. The first-order valence-corrected chi connectivity index (χ1v) is 5.98. The van der Waals surface area contributed by atoms with E-state index in [1.807, 2.05) is 0 Å². The topological polar surface area (TPSA) is 89.8 Å². The quantitative estimate of drug-likeness (QED) is 0.443. The number of ether oxygens (including phenoxy) is 1. The van der Waals surface area contributed by atoms with E-state index in [1.54, 1.807) is 19.2 Å². The van der Waals surface area contributed by atoms with Gasteiger partial charge in [-0.2, -0.15) is 0 Å². The van der Waals surface area contributed by atoms with Crippen molar-refractivity contribution in [1.82, 2.24) is 4.90 Å². The minimum atomic E-state index is -0.492. The molecule has 108 valence electrons. The summed E-state index contributed by atoms with van der Waals surface area (Å²) in [5, 5.41) is 10.5. The molecule has 7 heteroatoms. The van der Waals surface area contributed by atoms with Gasteiger partial charge in [0.1, 0.15) is 0 Å². The zero-order chi connectivity index (χ0) is 15.1. The number of non-ortho nitro benzene ring substituents is 1. The Hall–Kier alpha value is -2.44. The Bertz CT molecular complexity index is 498. The van der Waals surface area contributed by atoms with Crippen molar-refractivity contribution in [3.05, 3.63) is 39.9 Å². The highest BCUT2D eigenvalue weighted by molar-refractivity contribution is 5.79. The van der Waals surface area contributed by atoms with Crippen molar-refractivity contribution in [3.63, 3.8) is 0 Å². The molecule has 0 heterocycles. The van der Waals surface area contributed by atoms with Crippen molar-refractivity contribution in [1.29, 1.82) is 0 Å². The van der Waals surface area contributed by atoms with Gasteiger partial charge in [-0.1, -0.05) is 12.1 Å². The number of nitro benzene ring substituents is 1. The van der Waals surface area contributed by atoms with Gasteiger partial charge in [0.2, 0.25) is 5.91 Å². The Kier molecular flexibility index (Phi) is 5.64. The Morgan fingerprint density at radius 3 is 2.40 bits per heavy atom. The highest BCUT2D eigenvalue weighted by Crippen LogP contribution is 2.12. The average molecular weight is 280 g/mol. The SMILES string of the molecule is COC(=O)CCN(C)C(=O)Cc1ccc([N+](=O)[O-])cc1. The Morgan fingerprint density at radius 1 is 1.30 bits per heavy atom. The van der Waals surface area contributed by atoms with Crippen LogP contribution in [0.25, 0.3) is 0 Å². The van der Waals surface area contributed by atoms with Crippen molar-refractivity contribution in [3.8, 4) is 0 Å². The average Bonchev–Trinajstić information content (AvgIpc) is 2.44. The molecule has 0 bridgehead atoms.